The molecule has 0 aliphatic heterocycles. The fourth-order valence-electron chi connectivity index (χ4n) is 2.24. The second-order valence-corrected chi connectivity index (χ2v) is 6.95. The number of carbonyl (C=O) groups is 2. The van der Waals surface area contributed by atoms with Gasteiger partial charge in [-0.25, -0.2) is 4.79 Å². The minimum atomic E-state index is -0.628. The molecule has 2 aromatic carbocycles. The molecule has 0 radical (unpaired) electrons. The van der Waals surface area contributed by atoms with Gasteiger partial charge in [0.25, 0.3) is 0 Å². The van der Waals surface area contributed by atoms with Gasteiger partial charge in [0.15, 0.2) is 0 Å². The number of benzene rings is 2. The lowest BCUT2D eigenvalue weighted by atomic mass is 10.0. The molecule has 1 atom stereocenters. The molecule has 0 aliphatic rings. The molecule has 1 amide bonds. The monoisotopic (exact) mass is 340 g/mol. The number of hydrogen-bond donors (Lipinski definition) is 2. The topological polar surface area (TPSA) is 81.4 Å². The lowest BCUT2D eigenvalue weighted by Gasteiger charge is -2.23. The van der Waals surface area contributed by atoms with Gasteiger partial charge in [-0.2, -0.15) is 0 Å². The first-order valence-corrected chi connectivity index (χ1v) is 8.18. The Bertz CT molecular complexity index is 719. The number of amides is 1. The van der Waals surface area contributed by atoms with E-state index >= 15 is 0 Å². The Kier molecular flexibility index (Phi) is 5.93. The van der Waals surface area contributed by atoms with Gasteiger partial charge in [0.05, 0.1) is 11.6 Å². The molecule has 0 bridgehead atoms. The number of carbonyl (C=O) groups excluding carboxylic acids is 2. The molecule has 0 spiro atoms. The average molecular weight is 340 g/mol. The summed E-state index contributed by atoms with van der Waals surface area (Å²) in [5.41, 5.74) is 7.03. The van der Waals surface area contributed by atoms with E-state index in [9.17, 15) is 9.59 Å². The van der Waals surface area contributed by atoms with Crippen LogP contribution in [0, 0.1) is 0 Å². The van der Waals surface area contributed by atoms with Crippen LogP contribution < -0.4 is 15.8 Å². The van der Waals surface area contributed by atoms with Gasteiger partial charge in [-0.1, -0.05) is 30.3 Å². The highest BCUT2D eigenvalue weighted by Crippen LogP contribution is 2.15. The largest absolute Gasteiger partial charge is 0.423 e. The van der Waals surface area contributed by atoms with Gasteiger partial charge in [0, 0.05) is 5.54 Å². The molecular formula is C20H24N2O3. The Hall–Kier alpha value is -2.66. The Morgan fingerprint density at radius 3 is 2.20 bits per heavy atom. The first-order valence-electron chi connectivity index (χ1n) is 8.18. The molecule has 0 aliphatic carbocycles. The van der Waals surface area contributed by atoms with E-state index in [0.717, 1.165) is 5.56 Å². The molecule has 0 aromatic heterocycles. The Morgan fingerprint density at radius 1 is 1.04 bits per heavy atom. The molecule has 3 N–H and O–H groups in total. The summed E-state index contributed by atoms with van der Waals surface area (Å²) in [5, 5.41) is 2.86. The molecule has 0 heterocycles. The van der Waals surface area contributed by atoms with Gasteiger partial charge in [-0.15, -0.1) is 0 Å². The third-order valence-electron chi connectivity index (χ3n) is 3.43. The van der Waals surface area contributed by atoms with Crippen LogP contribution in [0.4, 0.5) is 0 Å². The molecule has 0 fully saturated rings. The molecule has 0 saturated heterocycles. The lowest BCUT2D eigenvalue weighted by molar-refractivity contribution is -0.123. The Balaban J connectivity index is 1.93. The first kappa shape index (κ1) is 18.7. The van der Waals surface area contributed by atoms with Crippen molar-refractivity contribution in [2.75, 3.05) is 0 Å². The van der Waals surface area contributed by atoms with Crippen molar-refractivity contribution in [1.29, 1.82) is 0 Å². The highest BCUT2D eigenvalue weighted by Gasteiger charge is 2.20. The van der Waals surface area contributed by atoms with Crippen molar-refractivity contribution in [3.63, 3.8) is 0 Å². The summed E-state index contributed by atoms with van der Waals surface area (Å²) in [6.07, 6.45) is 0.412. The highest BCUT2D eigenvalue weighted by molar-refractivity contribution is 5.90. The normalized spacial score (nSPS) is 12.3. The number of rotatable bonds is 5. The van der Waals surface area contributed by atoms with Crippen LogP contribution >= 0.6 is 0 Å². The molecule has 1 unspecified atom stereocenters. The van der Waals surface area contributed by atoms with Crippen molar-refractivity contribution in [1.82, 2.24) is 5.32 Å². The van der Waals surface area contributed by atoms with Crippen molar-refractivity contribution in [3.05, 3.63) is 65.7 Å². The number of esters is 1. The van der Waals surface area contributed by atoms with E-state index in [4.69, 9.17) is 10.5 Å². The maximum Gasteiger partial charge on any atom is 0.343 e. The van der Waals surface area contributed by atoms with E-state index in [2.05, 4.69) is 5.32 Å². The molecular weight excluding hydrogens is 316 g/mol. The van der Waals surface area contributed by atoms with Gasteiger partial charge in [-0.05, 0) is 57.0 Å². The highest BCUT2D eigenvalue weighted by atomic mass is 16.5. The van der Waals surface area contributed by atoms with Crippen molar-refractivity contribution < 1.29 is 14.3 Å². The summed E-state index contributed by atoms with van der Waals surface area (Å²) in [4.78, 5) is 24.0. The van der Waals surface area contributed by atoms with Gasteiger partial charge >= 0.3 is 5.97 Å². The van der Waals surface area contributed by atoms with E-state index in [-0.39, 0.29) is 11.4 Å². The Morgan fingerprint density at radius 2 is 1.64 bits per heavy atom. The minimum absolute atomic E-state index is 0.188. The fourth-order valence-corrected chi connectivity index (χ4v) is 2.24. The van der Waals surface area contributed by atoms with Crippen LogP contribution in [0.3, 0.4) is 0 Å². The molecule has 5 nitrogen and oxygen atoms in total. The van der Waals surface area contributed by atoms with Crippen LogP contribution in [0.1, 0.15) is 36.7 Å². The van der Waals surface area contributed by atoms with E-state index in [1.54, 1.807) is 48.5 Å². The molecule has 2 aromatic rings. The zero-order chi connectivity index (χ0) is 18.4. The predicted octanol–water partition coefficient (Wildman–Crippen LogP) is 2.69. The van der Waals surface area contributed by atoms with Gasteiger partial charge in [-0.3, -0.25) is 4.79 Å². The van der Waals surface area contributed by atoms with E-state index in [1.807, 2.05) is 26.8 Å². The van der Waals surface area contributed by atoms with Crippen LogP contribution in [0.15, 0.2) is 54.6 Å². The molecule has 0 saturated carbocycles. The molecule has 25 heavy (non-hydrogen) atoms. The third kappa shape index (κ3) is 6.04. The number of ether oxygens (including phenoxy) is 1. The van der Waals surface area contributed by atoms with Gasteiger partial charge in [0.2, 0.25) is 5.91 Å². The van der Waals surface area contributed by atoms with Crippen LogP contribution in [0.25, 0.3) is 0 Å². The minimum Gasteiger partial charge on any atom is -0.423 e. The average Bonchev–Trinajstić information content (AvgIpc) is 2.56. The smallest absolute Gasteiger partial charge is 0.343 e. The quantitative estimate of drug-likeness (QED) is 0.648. The standard InChI is InChI=1S/C20H24N2O3/c1-20(2,3)22-18(23)17(21)13-14-9-11-16(12-10-14)25-19(24)15-7-5-4-6-8-15/h4-12,17H,13,21H2,1-3H3,(H,22,23). The summed E-state index contributed by atoms with van der Waals surface area (Å²) < 4.78 is 5.32. The van der Waals surface area contributed by atoms with Crippen molar-refractivity contribution >= 4 is 11.9 Å². The van der Waals surface area contributed by atoms with Crippen LogP contribution in [-0.2, 0) is 11.2 Å². The summed E-state index contributed by atoms with van der Waals surface area (Å²) >= 11 is 0. The maximum atomic E-state index is 12.0. The first-order chi connectivity index (χ1) is 11.7. The predicted molar refractivity (Wildman–Crippen MR) is 97.4 cm³/mol. The summed E-state index contributed by atoms with van der Waals surface area (Å²) in [7, 11) is 0. The zero-order valence-electron chi connectivity index (χ0n) is 14.8. The van der Waals surface area contributed by atoms with Crippen molar-refractivity contribution in [2.45, 2.75) is 38.8 Å². The van der Waals surface area contributed by atoms with Crippen LogP contribution in [-0.4, -0.2) is 23.5 Å². The van der Waals surface area contributed by atoms with Crippen molar-refractivity contribution in [2.24, 2.45) is 5.73 Å². The molecule has 5 heteroatoms. The SMILES string of the molecule is CC(C)(C)NC(=O)C(N)Cc1ccc(OC(=O)c2ccccc2)cc1. The van der Waals surface area contributed by atoms with Crippen LogP contribution in [0.2, 0.25) is 0 Å². The van der Waals surface area contributed by atoms with E-state index in [1.165, 1.54) is 0 Å². The van der Waals surface area contributed by atoms with E-state index in [0.29, 0.717) is 17.7 Å². The maximum absolute atomic E-state index is 12.0. The second kappa shape index (κ2) is 7.94. The zero-order valence-corrected chi connectivity index (χ0v) is 14.8. The van der Waals surface area contributed by atoms with Gasteiger partial charge in [0.1, 0.15) is 5.75 Å². The fraction of sp³-hybridized carbons (Fsp3) is 0.300. The number of nitrogens with one attached hydrogen (secondary N) is 1. The summed E-state index contributed by atoms with van der Waals surface area (Å²) in [5.74, 6) is -0.146. The number of hydrogen-bond acceptors (Lipinski definition) is 4. The Labute approximate surface area is 148 Å². The molecule has 132 valence electrons. The lowest BCUT2D eigenvalue weighted by Crippen LogP contribution is -2.49. The van der Waals surface area contributed by atoms with Crippen molar-refractivity contribution in [3.8, 4) is 5.75 Å². The number of nitrogens with two attached hydrogens (primary N) is 1. The summed E-state index contributed by atoms with van der Waals surface area (Å²) in [6, 6.07) is 15.2. The second-order valence-electron chi connectivity index (χ2n) is 6.95. The van der Waals surface area contributed by atoms with Crippen LogP contribution in [0.5, 0.6) is 5.75 Å². The summed E-state index contributed by atoms with van der Waals surface area (Å²) in [6.45, 7) is 5.73. The third-order valence-corrected chi connectivity index (χ3v) is 3.43. The molecule has 2 rings (SSSR count). The van der Waals surface area contributed by atoms with Gasteiger partial charge < -0.3 is 15.8 Å². The van der Waals surface area contributed by atoms with E-state index < -0.39 is 12.0 Å².